The van der Waals surface area contributed by atoms with Gasteiger partial charge in [0.2, 0.25) is 11.6 Å². The van der Waals surface area contributed by atoms with Gasteiger partial charge in [0.25, 0.3) is 0 Å². The minimum atomic E-state index is -1.21. The van der Waals surface area contributed by atoms with Crippen molar-refractivity contribution in [1.82, 2.24) is 9.97 Å². The summed E-state index contributed by atoms with van der Waals surface area (Å²) in [5, 5.41) is 26.6. The molecule has 0 aliphatic heterocycles. The van der Waals surface area contributed by atoms with Crippen molar-refractivity contribution >= 4 is 34.8 Å². The third-order valence-corrected chi connectivity index (χ3v) is 5.31. The van der Waals surface area contributed by atoms with E-state index in [1.807, 2.05) is 65.6 Å². The number of aromatic nitrogens is 2. The fourth-order valence-electron chi connectivity index (χ4n) is 3.86. The Labute approximate surface area is 207 Å². The van der Waals surface area contributed by atoms with Crippen LogP contribution in [0.4, 0.5) is 33.5 Å². The van der Waals surface area contributed by atoms with Gasteiger partial charge in [0, 0.05) is 24.5 Å². The standard InChI is InChI=1S/C26H24N6O4/c1-18-12-21(14-22(13-18)30-26(33)34)29-24-23(32(35)36)25(28-17-27-24)31(15-19-8-4-2-5-9-19)16-20-10-6-3-7-11-20/h2-14,17,30H,15-16H2,1H3,(H,33,34)(H,27,28,29). The van der Waals surface area contributed by atoms with E-state index in [2.05, 4.69) is 20.6 Å². The second-order valence-corrected chi connectivity index (χ2v) is 8.12. The summed E-state index contributed by atoms with van der Waals surface area (Å²) in [6.45, 7) is 2.58. The predicted molar refractivity (Wildman–Crippen MR) is 138 cm³/mol. The average Bonchev–Trinajstić information content (AvgIpc) is 2.84. The molecular weight excluding hydrogens is 460 g/mol. The van der Waals surface area contributed by atoms with Crippen LogP contribution in [0.15, 0.2) is 85.2 Å². The lowest BCUT2D eigenvalue weighted by Crippen LogP contribution is -2.24. The summed E-state index contributed by atoms with van der Waals surface area (Å²) in [4.78, 5) is 33.1. The number of benzene rings is 3. The lowest BCUT2D eigenvalue weighted by molar-refractivity contribution is -0.383. The van der Waals surface area contributed by atoms with E-state index >= 15 is 0 Å². The lowest BCUT2D eigenvalue weighted by Gasteiger charge is -2.24. The van der Waals surface area contributed by atoms with Gasteiger partial charge in [-0.1, -0.05) is 60.7 Å². The number of hydrogen-bond donors (Lipinski definition) is 3. The van der Waals surface area contributed by atoms with Gasteiger partial charge in [0.1, 0.15) is 6.33 Å². The Morgan fingerprint density at radius 2 is 1.53 bits per heavy atom. The number of anilines is 4. The average molecular weight is 485 g/mol. The van der Waals surface area contributed by atoms with Crippen LogP contribution >= 0.6 is 0 Å². The van der Waals surface area contributed by atoms with Crippen molar-refractivity contribution in [3.63, 3.8) is 0 Å². The first-order valence-electron chi connectivity index (χ1n) is 11.1. The maximum absolute atomic E-state index is 12.3. The van der Waals surface area contributed by atoms with Gasteiger partial charge in [-0.2, -0.15) is 0 Å². The van der Waals surface area contributed by atoms with Gasteiger partial charge in [0.15, 0.2) is 0 Å². The molecule has 3 N–H and O–H groups in total. The number of rotatable bonds is 9. The third-order valence-electron chi connectivity index (χ3n) is 5.31. The zero-order chi connectivity index (χ0) is 25.5. The van der Waals surface area contributed by atoms with Crippen LogP contribution in [0.25, 0.3) is 0 Å². The molecule has 0 aliphatic carbocycles. The Balaban J connectivity index is 1.75. The Bertz CT molecular complexity index is 1320. The van der Waals surface area contributed by atoms with Crippen LogP contribution in [0.1, 0.15) is 16.7 Å². The maximum atomic E-state index is 12.3. The van der Waals surface area contributed by atoms with Crippen LogP contribution < -0.4 is 15.5 Å². The van der Waals surface area contributed by atoms with Crippen molar-refractivity contribution in [2.45, 2.75) is 20.0 Å². The van der Waals surface area contributed by atoms with Crippen molar-refractivity contribution in [3.05, 3.63) is 112 Å². The van der Waals surface area contributed by atoms with E-state index in [1.54, 1.807) is 25.1 Å². The first-order valence-corrected chi connectivity index (χ1v) is 11.1. The molecule has 1 aromatic heterocycles. The summed E-state index contributed by atoms with van der Waals surface area (Å²) in [5.74, 6) is 0.171. The number of nitrogens with one attached hydrogen (secondary N) is 2. The molecule has 10 heteroatoms. The zero-order valence-corrected chi connectivity index (χ0v) is 19.5. The molecule has 0 unspecified atom stereocenters. The lowest BCUT2D eigenvalue weighted by atomic mass is 10.1. The van der Waals surface area contributed by atoms with Crippen LogP contribution in [0.5, 0.6) is 0 Å². The number of nitrogens with zero attached hydrogens (tertiary/aromatic N) is 4. The molecular formula is C26H24N6O4. The van der Waals surface area contributed by atoms with Gasteiger partial charge in [-0.3, -0.25) is 15.4 Å². The largest absolute Gasteiger partial charge is 0.465 e. The van der Waals surface area contributed by atoms with E-state index in [-0.39, 0.29) is 17.3 Å². The van der Waals surface area contributed by atoms with Crippen LogP contribution in [0.3, 0.4) is 0 Å². The highest BCUT2D eigenvalue weighted by atomic mass is 16.6. The second kappa shape index (κ2) is 11.0. The monoisotopic (exact) mass is 484 g/mol. The summed E-state index contributed by atoms with van der Waals surface area (Å²) < 4.78 is 0. The molecule has 4 rings (SSSR count). The molecule has 0 bridgehead atoms. The van der Waals surface area contributed by atoms with E-state index in [0.29, 0.717) is 24.5 Å². The predicted octanol–water partition coefficient (Wildman–Crippen LogP) is 5.73. The van der Waals surface area contributed by atoms with E-state index < -0.39 is 11.0 Å². The quantitative estimate of drug-likeness (QED) is 0.202. The highest BCUT2D eigenvalue weighted by Gasteiger charge is 2.28. The highest BCUT2D eigenvalue weighted by Crippen LogP contribution is 2.35. The molecule has 0 aliphatic rings. The van der Waals surface area contributed by atoms with Gasteiger partial charge >= 0.3 is 11.8 Å². The Morgan fingerprint density at radius 1 is 0.944 bits per heavy atom. The number of carbonyl (C=O) groups is 1. The minimum Gasteiger partial charge on any atom is -0.465 e. The number of aryl methyl sites for hydroxylation is 1. The molecule has 1 amide bonds. The molecule has 0 radical (unpaired) electrons. The molecule has 1 heterocycles. The van der Waals surface area contributed by atoms with Crippen molar-refractivity contribution in [2.75, 3.05) is 15.5 Å². The van der Waals surface area contributed by atoms with E-state index in [9.17, 15) is 14.9 Å². The smallest absolute Gasteiger partial charge is 0.409 e. The summed E-state index contributed by atoms with van der Waals surface area (Å²) >= 11 is 0. The molecule has 0 fully saturated rings. The highest BCUT2D eigenvalue weighted by molar-refractivity contribution is 5.85. The molecule has 0 spiro atoms. The van der Waals surface area contributed by atoms with Crippen LogP contribution in [-0.4, -0.2) is 26.1 Å². The Kier molecular flexibility index (Phi) is 7.35. The van der Waals surface area contributed by atoms with Crippen LogP contribution in [0.2, 0.25) is 0 Å². The van der Waals surface area contributed by atoms with Gasteiger partial charge < -0.3 is 15.3 Å². The minimum absolute atomic E-state index is 0.00278. The topological polar surface area (TPSA) is 134 Å². The first kappa shape index (κ1) is 24.1. The zero-order valence-electron chi connectivity index (χ0n) is 19.5. The number of nitro groups is 1. The number of amides is 1. The number of carboxylic acid groups (broad SMARTS) is 1. The molecule has 4 aromatic rings. The summed E-state index contributed by atoms with van der Waals surface area (Å²) in [5.41, 5.74) is 3.20. The SMILES string of the molecule is Cc1cc(NC(=O)O)cc(Nc2ncnc(N(Cc3ccccc3)Cc3ccccc3)c2[N+](=O)[O-])c1. The second-order valence-electron chi connectivity index (χ2n) is 8.12. The molecule has 0 saturated carbocycles. The van der Waals surface area contributed by atoms with Gasteiger partial charge in [-0.15, -0.1) is 0 Å². The maximum Gasteiger partial charge on any atom is 0.409 e. The summed E-state index contributed by atoms with van der Waals surface area (Å²) in [6.07, 6.45) is 0.0687. The Hall–Kier alpha value is -4.99. The molecule has 0 saturated heterocycles. The van der Waals surface area contributed by atoms with E-state index in [4.69, 9.17) is 5.11 Å². The van der Waals surface area contributed by atoms with Crippen LogP contribution in [0, 0.1) is 17.0 Å². The normalized spacial score (nSPS) is 10.5. The summed E-state index contributed by atoms with van der Waals surface area (Å²) in [7, 11) is 0. The van der Waals surface area contributed by atoms with Crippen molar-refractivity contribution in [3.8, 4) is 0 Å². The molecule has 3 aromatic carbocycles. The third kappa shape index (κ3) is 6.11. The van der Waals surface area contributed by atoms with E-state index in [1.165, 1.54) is 6.33 Å². The molecule has 36 heavy (non-hydrogen) atoms. The van der Waals surface area contributed by atoms with Gasteiger partial charge in [-0.25, -0.2) is 14.8 Å². The van der Waals surface area contributed by atoms with Crippen molar-refractivity contribution in [1.29, 1.82) is 0 Å². The molecule has 10 nitrogen and oxygen atoms in total. The molecule has 182 valence electrons. The van der Waals surface area contributed by atoms with Crippen molar-refractivity contribution in [2.24, 2.45) is 0 Å². The van der Waals surface area contributed by atoms with E-state index in [0.717, 1.165) is 16.7 Å². The molecule has 0 atom stereocenters. The fraction of sp³-hybridized carbons (Fsp3) is 0.115. The van der Waals surface area contributed by atoms with Gasteiger partial charge in [-0.05, 0) is 41.8 Å². The van der Waals surface area contributed by atoms with Crippen LogP contribution in [-0.2, 0) is 13.1 Å². The van der Waals surface area contributed by atoms with Crippen molar-refractivity contribution < 1.29 is 14.8 Å². The van der Waals surface area contributed by atoms with Gasteiger partial charge in [0.05, 0.1) is 4.92 Å². The Morgan fingerprint density at radius 3 is 2.08 bits per heavy atom. The summed E-state index contributed by atoms with van der Waals surface area (Å²) in [6, 6.07) is 24.2. The first-order chi connectivity index (χ1) is 17.4. The number of hydrogen-bond acceptors (Lipinski definition) is 7. The fourth-order valence-corrected chi connectivity index (χ4v) is 3.86.